The van der Waals surface area contributed by atoms with Crippen molar-refractivity contribution in [3.05, 3.63) is 0 Å². The van der Waals surface area contributed by atoms with Crippen molar-refractivity contribution in [1.29, 1.82) is 0 Å². The van der Waals surface area contributed by atoms with Crippen LogP contribution in [0.5, 0.6) is 0 Å². The van der Waals surface area contributed by atoms with Crippen LogP contribution in [0.3, 0.4) is 0 Å². The van der Waals surface area contributed by atoms with Crippen LogP contribution in [-0.4, -0.2) is 37.1 Å². The van der Waals surface area contributed by atoms with Gasteiger partial charge in [0.15, 0.2) is 0 Å². The molecule has 2 nitrogen and oxygen atoms in total. The summed E-state index contributed by atoms with van der Waals surface area (Å²) in [7, 11) is 0. The number of hydrogen-bond donors (Lipinski definition) is 1. The minimum atomic E-state index is 0.717. The molecule has 1 aliphatic rings. The van der Waals surface area contributed by atoms with Crippen LogP contribution < -0.4 is 5.32 Å². The zero-order valence-corrected chi connectivity index (χ0v) is 11.5. The SMILES string of the molecule is CCCCCNCC(C)N1CCC(C)CC1. The maximum atomic E-state index is 3.59. The fourth-order valence-corrected chi connectivity index (χ4v) is 2.41. The minimum Gasteiger partial charge on any atom is -0.315 e. The molecule has 0 aromatic rings. The van der Waals surface area contributed by atoms with Gasteiger partial charge in [0.25, 0.3) is 0 Å². The van der Waals surface area contributed by atoms with E-state index in [1.54, 1.807) is 0 Å². The topological polar surface area (TPSA) is 15.3 Å². The van der Waals surface area contributed by atoms with Gasteiger partial charge in [-0.15, -0.1) is 0 Å². The van der Waals surface area contributed by atoms with Crippen LogP contribution in [-0.2, 0) is 0 Å². The van der Waals surface area contributed by atoms with Crippen molar-refractivity contribution in [3.63, 3.8) is 0 Å². The summed E-state index contributed by atoms with van der Waals surface area (Å²) in [6.45, 7) is 12.0. The Hall–Kier alpha value is -0.0800. The van der Waals surface area contributed by atoms with Crippen molar-refractivity contribution in [2.45, 2.75) is 58.9 Å². The van der Waals surface area contributed by atoms with Crippen LogP contribution in [0.15, 0.2) is 0 Å². The molecular weight excluding hydrogens is 196 g/mol. The van der Waals surface area contributed by atoms with Crippen molar-refractivity contribution in [1.82, 2.24) is 10.2 Å². The average molecular weight is 226 g/mol. The van der Waals surface area contributed by atoms with Crippen molar-refractivity contribution in [2.75, 3.05) is 26.2 Å². The number of nitrogens with one attached hydrogen (secondary N) is 1. The zero-order valence-electron chi connectivity index (χ0n) is 11.5. The smallest absolute Gasteiger partial charge is 0.0192 e. The van der Waals surface area contributed by atoms with E-state index in [0.29, 0.717) is 6.04 Å². The quantitative estimate of drug-likeness (QED) is 0.672. The van der Waals surface area contributed by atoms with Gasteiger partial charge >= 0.3 is 0 Å². The Morgan fingerprint density at radius 2 is 1.94 bits per heavy atom. The van der Waals surface area contributed by atoms with Gasteiger partial charge in [-0.2, -0.15) is 0 Å². The predicted molar refractivity (Wildman–Crippen MR) is 71.8 cm³/mol. The van der Waals surface area contributed by atoms with E-state index in [-0.39, 0.29) is 0 Å². The molecule has 0 radical (unpaired) electrons. The van der Waals surface area contributed by atoms with Gasteiger partial charge in [-0.1, -0.05) is 26.7 Å². The Labute approximate surface area is 102 Å². The molecule has 1 N–H and O–H groups in total. The highest BCUT2D eigenvalue weighted by molar-refractivity contribution is 4.75. The standard InChI is InChI=1S/C14H30N2/c1-4-5-6-9-15-12-14(3)16-10-7-13(2)8-11-16/h13-15H,4-12H2,1-3H3. The van der Waals surface area contributed by atoms with E-state index in [2.05, 4.69) is 31.0 Å². The largest absolute Gasteiger partial charge is 0.315 e. The molecule has 1 rings (SSSR count). The van der Waals surface area contributed by atoms with Crippen molar-refractivity contribution >= 4 is 0 Å². The summed E-state index contributed by atoms with van der Waals surface area (Å²) in [5, 5.41) is 3.59. The number of rotatable bonds is 7. The van der Waals surface area contributed by atoms with Crippen LogP contribution in [0.4, 0.5) is 0 Å². The lowest BCUT2D eigenvalue weighted by Crippen LogP contribution is -2.44. The van der Waals surface area contributed by atoms with Gasteiger partial charge in [0, 0.05) is 12.6 Å². The summed E-state index contributed by atoms with van der Waals surface area (Å²) in [6, 6.07) is 0.717. The van der Waals surface area contributed by atoms with E-state index in [9.17, 15) is 0 Å². The van der Waals surface area contributed by atoms with Gasteiger partial charge in [-0.05, 0) is 51.7 Å². The molecular formula is C14H30N2. The fourth-order valence-electron chi connectivity index (χ4n) is 2.41. The molecule has 96 valence electrons. The first kappa shape index (κ1) is 14.0. The van der Waals surface area contributed by atoms with Crippen molar-refractivity contribution < 1.29 is 0 Å². The summed E-state index contributed by atoms with van der Waals surface area (Å²) >= 11 is 0. The summed E-state index contributed by atoms with van der Waals surface area (Å²) < 4.78 is 0. The molecule has 0 aromatic heterocycles. The van der Waals surface area contributed by atoms with Crippen LogP contribution in [0.25, 0.3) is 0 Å². The molecule has 16 heavy (non-hydrogen) atoms. The van der Waals surface area contributed by atoms with Crippen molar-refractivity contribution in [2.24, 2.45) is 5.92 Å². The van der Waals surface area contributed by atoms with Crippen LogP contribution in [0.1, 0.15) is 52.9 Å². The lowest BCUT2D eigenvalue weighted by molar-refractivity contribution is 0.145. The number of likely N-dealkylation sites (tertiary alicyclic amines) is 1. The van der Waals surface area contributed by atoms with E-state index in [1.165, 1.54) is 51.7 Å². The molecule has 1 fully saturated rings. The molecule has 0 spiro atoms. The van der Waals surface area contributed by atoms with Gasteiger partial charge in [0.1, 0.15) is 0 Å². The Kier molecular flexibility index (Phi) is 7.06. The molecule has 0 saturated carbocycles. The second kappa shape index (κ2) is 8.08. The third-order valence-corrected chi connectivity index (χ3v) is 3.84. The molecule has 2 heteroatoms. The van der Waals surface area contributed by atoms with Crippen LogP contribution >= 0.6 is 0 Å². The minimum absolute atomic E-state index is 0.717. The maximum absolute atomic E-state index is 3.59. The van der Waals surface area contributed by atoms with Crippen molar-refractivity contribution in [3.8, 4) is 0 Å². The molecule has 0 bridgehead atoms. The fraction of sp³-hybridized carbons (Fsp3) is 1.00. The Balaban J connectivity index is 2.03. The third kappa shape index (κ3) is 5.31. The number of unbranched alkanes of at least 4 members (excludes halogenated alkanes) is 2. The molecule has 1 unspecified atom stereocenters. The first-order valence-corrected chi connectivity index (χ1v) is 7.18. The summed E-state index contributed by atoms with van der Waals surface area (Å²) in [5.74, 6) is 0.945. The molecule has 1 atom stereocenters. The molecule has 1 aliphatic heterocycles. The zero-order chi connectivity index (χ0) is 11.8. The van der Waals surface area contributed by atoms with Gasteiger partial charge in [-0.25, -0.2) is 0 Å². The molecule has 1 heterocycles. The highest BCUT2D eigenvalue weighted by atomic mass is 15.2. The maximum Gasteiger partial charge on any atom is 0.0192 e. The average Bonchev–Trinajstić information content (AvgIpc) is 2.29. The number of piperidine rings is 1. The van der Waals surface area contributed by atoms with E-state index in [4.69, 9.17) is 0 Å². The Bertz CT molecular complexity index is 162. The van der Waals surface area contributed by atoms with E-state index >= 15 is 0 Å². The van der Waals surface area contributed by atoms with Crippen LogP contribution in [0, 0.1) is 5.92 Å². The second-order valence-electron chi connectivity index (χ2n) is 5.48. The monoisotopic (exact) mass is 226 g/mol. The van der Waals surface area contributed by atoms with Gasteiger partial charge < -0.3 is 5.32 Å². The lowest BCUT2D eigenvalue weighted by atomic mass is 9.98. The summed E-state index contributed by atoms with van der Waals surface area (Å²) in [4.78, 5) is 2.65. The Morgan fingerprint density at radius 3 is 2.56 bits per heavy atom. The molecule has 0 amide bonds. The number of nitrogens with zero attached hydrogens (tertiary/aromatic N) is 1. The highest BCUT2D eigenvalue weighted by Gasteiger charge is 2.19. The van der Waals surface area contributed by atoms with Gasteiger partial charge in [0.2, 0.25) is 0 Å². The molecule has 0 aliphatic carbocycles. The van der Waals surface area contributed by atoms with Gasteiger partial charge in [0.05, 0.1) is 0 Å². The van der Waals surface area contributed by atoms with E-state index in [0.717, 1.165) is 12.5 Å². The second-order valence-corrected chi connectivity index (χ2v) is 5.48. The summed E-state index contributed by atoms with van der Waals surface area (Å²) in [5.41, 5.74) is 0. The van der Waals surface area contributed by atoms with Gasteiger partial charge in [-0.3, -0.25) is 4.90 Å². The molecule has 1 saturated heterocycles. The Morgan fingerprint density at radius 1 is 1.25 bits per heavy atom. The number of hydrogen-bond acceptors (Lipinski definition) is 2. The third-order valence-electron chi connectivity index (χ3n) is 3.84. The predicted octanol–water partition coefficient (Wildman–Crippen LogP) is 2.89. The first-order valence-electron chi connectivity index (χ1n) is 7.18. The lowest BCUT2D eigenvalue weighted by Gasteiger charge is -2.35. The first-order chi connectivity index (χ1) is 7.74. The van der Waals surface area contributed by atoms with E-state index in [1.807, 2.05) is 0 Å². The normalized spacial score (nSPS) is 21.2. The van der Waals surface area contributed by atoms with Crippen LogP contribution in [0.2, 0.25) is 0 Å². The van der Waals surface area contributed by atoms with E-state index < -0.39 is 0 Å². The molecule has 0 aromatic carbocycles. The highest BCUT2D eigenvalue weighted by Crippen LogP contribution is 2.17. The summed E-state index contributed by atoms with van der Waals surface area (Å²) in [6.07, 6.45) is 6.80.